The molecule has 0 spiro atoms. The summed E-state index contributed by atoms with van der Waals surface area (Å²) in [6, 6.07) is 38.6. The maximum absolute atomic E-state index is 2.47. The van der Waals surface area contributed by atoms with Gasteiger partial charge in [-0.2, -0.15) is 0 Å². The maximum atomic E-state index is 2.47. The fourth-order valence-electron chi connectivity index (χ4n) is 5.34. The van der Waals surface area contributed by atoms with Crippen molar-refractivity contribution in [1.82, 2.24) is 0 Å². The van der Waals surface area contributed by atoms with E-state index in [0.29, 0.717) is 17.2 Å². The molecule has 0 heterocycles. The molecule has 2 atom stereocenters. The largest absolute Gasteiger partial charge is 0.0841 e. The van der Waals surface area contributed by atoms with Crippen molar-refractivity contribution in [2.24, 2.45) is 0 Å². The molecule has 5 rings (SSSR count). The Labute approximate surface area is 244 Å². The smallest absolute Gasteiger partial charge is 0.00676 e. The van der Waals surface area contributed by atoms with Gasteiger partial charge in [-0.05, 0) is 105 Å². The van der Waals surface area contributed by atoms with Crippen LogP contribution in [0.3, 0.4) is 0 Å². The SMILES string of the molecule is Cc1ccc(Pc2cc(-c3ccc(C)cc3)cc(C)c2-c2c(C)cc(-c3ccccc3)cc2PC(C)(C)C)cc1. The van der Waals surface area contributed by atoms with Gasteiger partial charge in [0.1, 0.15) is 0 Å². The first kappa shape index (κ1) is 28.5. The summed E-state index contributed by atoms with van der Waals surface area (Å²) in [6.45, 7) is 16.0. The molecule has 0 aromatic heterocycles. The van der Waals surface area contributed by atoms with Crippen LogP contribution in [0.4, 0.5) is 0 Å². The van der Waals surface area contributed by atoms with Crippen molar-refractivity contribution < 1.29 is 0 Å². The summed E-state index contributed by atoms with van der Waals surface area (Å²) in [5, 5.41) is 4.47. The lowest BCUT2D eigenvalue weighted by molar-refractivity contribution is 0.799. The van der Waals surface area contributed by atoms with Gasteiger partial charge in [0.25, 0.3) is 0 Å². The van der Waals surface area contributed by atoms with E-state index in [1.54, 1.807) is 0 Å². The second kappa shape index (κ2) is 11.8. The summed E-state index contributed by atoms with van der Waals surface area (Å²) in [4.78, 5) is 0. The van der Waals surface area contributed by atoms with E-state index in [-0.39, 0.29) is 5.16 Å². The Morgan fingerprint density at radius 2 is 0.950 bits per heavy atom. The molecule has 2 unspecified atom stereocenters. The van der Waals surface area contributed by atoms with Crippen LogP contribution in [0.15, 0.2) is 103 Å². The molecule has 202 valence electrons. The zero-order valence-electron chi connectivity index (χ0n) is 24.8. The van der Waals surface area contributed by atoms with Crippen LogP contribution in [0.1, 0.15) is 43.0 Å². The maximum Gasteiger partial charge on any atom is -0.00676 e. The molecule has 0 saturated heterocycles. The Morgan fingerprint density at radius 1 is 0.475 bits per heavy atom. The molecule has 0 bridgehead atoms. The summed E-state index contributed by atoms with van der Waals surface area (Å²) >= 11 is 0. The van der Waals surface area contributed by atoms with E-state index >= 15 is 0 Å². The first-order valence-corrected chi connectivity index (χ1v) is 16.1. The minimum Gasteiger partial charge on any atom is -0.0841 e. The van der Waals surface area contributed by atoms with Gasteiger partial charge in [-0.3, -0.25) is 0 Å². The van der Waals surface area contributed by atoms with Crippen molar-refractivity contribution in [2.75, 3.05) is 0 Å². The molecule has 5 aromatic carbocycles. The molecule has 0 saturated carbocycles. The van der Waals surface area contributed by atoms with Crippen molar-refractivity contribution in [3.8, 4) is 33.4 Å². The summed E-state index contributed by atoms with van der Waals surface area (Å²) in [5.41, 5.74) is 13.3. The van der Waals surface area contributed by atoms with Crippen molar-refractivity contribution in [3.63, 3.8) is 0 Å². The first-order chi connectivity index (χ1) is 19.1. The standard InChI is InChI=1S/C38H40P2/c1-25-13-17-30(18-14-25)31-21-27(3)36(34(23-31)39-33-19-15-26(2)16-20-33)37-28(4)22-32(29-11-9-8-10-12-29)24-35(37)40-38(5,6)7/h8-24,39-40H,1-7H3. The molecule has 0 radical (unpaired) electrons. The quantitative estimate of drug-likeness (QED) is 0.182. The minimum absolute atomic E-state index is 0.200. The Hall–Kier alpha value is -3.04. The van der Waals surface area contributed by atoms with Crippen molar-refractivity contribution in [2.45, 2.75) is 53.6 Å². The van der Waals surface area contributed by atoms with Crippen molar-refractivity contribution >= 4 is 33.1 Å². The van der Waals surface area contributed by atoms with Crippen LogP contribution in [-0.2, 0) is 0 Å². The van der Waals surface area contributed by atoms with Crippen LogP contribution >= 0.6 is 17.2 Å². The number of hydrogen-bond donors (Lipinski definition) is 0. The second-order valence-electron chi connectivity index (χ2n) is 12.0. The number of hydrogen-bond acceptors (Lipinski definition) is 0. The number of aryl methyl sites for hydroxylation is 4. The highest BCUT2D eigenvalue weighted by molar-refractivity contribution is 7.56. The molecule has 0 aliphatic heterocycles. The predicted octanol–water partition coefficient (Wildman–Crippen LogP) is 9.65. The van der Waals surface area contributed by atoms with Gasteiger partial charge in [-0.1, -0.05) is 140 Å². The van der Waals surface area contributed by atoms with E-state index in [9.17, 15) is 0 Å². The summed E-state index contributed by atoms with van der Waals surface area (Å²) in [7, 11) is 1.29. The third-order valence-electron chi connectivity index (χ3n) is 7.25. The van der Waals surface area contributed by atoms with E-state index in [1.807, 2.05) is 0 Å². The van der Waals surface area contributed by atoms with Crippen LogP contribution in [0.5, 0.6) is 0 Å². The van der Waals surface area contributed by atoms with E-state index in [2.05, 4.69) is 152 Å². The van der Waals surface area contributed by atoms with E-state index in [4.69, 9.17) is 0 Å². The molecule has 0 aliphatic rings. The summed E-state index contributed by atoms with van der Waals surface area (Å²) in [6.07, 6.45) is 0. The molecule has 0 fully saturated rings. The lowest BCUT2D eigenvalue weighted by Gasteiger charge is -2.26. The van der Waals surface area contributed by atoms with E-state index in [0.717, 1.165) is 0 Å². The van der Waals surface area contributed by atoms with Gasteiger partial charge in [0.05, 0.1) is 0 Å². The van der Waals surface area contributed by atoms with Gasteiger partial charge in [-0.25, -0.2) is 0 Å². The number of rotatable bonds is 6. The fourth-order valence-corrected chi connectivity index (χ4v) is 8.14. The van der Waals surface area contributed by atoms with Gasteiger partial charge in [0, 0.05) is 0 Å². The van der Waals surface area contributed by atoms with E-state index < -0.39 is 0 Å². The predicted molar refractivity (Wildman–Crippen MR) is 183 cm³/mol. The lowest BCUT2D eigenvalue weighted by Crippen LogP contribution is -2.18. The van der Waals surface area contributed by atoms with Gasteiger partial charge >= 0.3 is 0 Å². The Kier molecular flexibility index (Phi) is 8.42. The van der Waals surface area contributed by atoms with Gasteiger partial charge in [0.15, 0.2) is 0 Å². The third-order valence-corrected chi connectivity index (χ3v) is 9.95. The van der Waals surface area contributed by atoms with Crippen molar-refractivity contribution in [3.05, 3.63) is 125 Å². The van der Waals surface area contributed by atoms with Crippen LogP contribution < -0.4 is 15.9 Å². The minimum atomic E-state index is 0.200. The van der Waals surface area contributed by atoms with Gasteiger partial charge in [-0.15, -0.1) is 0 Å². The lowest BCUT2D eigenvalue weighted by atomic mass is 9.91. The molecule has 40 heavy (non-hydrogen) atoms. The van der Waals surface area contributed by atoms with Crippen LogP contribution in [-0.4, -0.2) is 5.16 Å². The highest BCUT2D eigenvalue weighted by Crippen LogP contribution is 2.40. The molecule has 0 N–H and O–H groups in total. The monoisotopic (exact) mass is 558 g/mol. The first-order valence-electron chi connectivity index (χ1n) is 14.1. The molecule has 0 amide bonds. The van der Waals surface area contributed by atoms with E-state index in [1.165, 1.54) is 71.5 Å². The number of benzene rings is 5. The molecule has 0 aliphatic carbocycles. The fraction of sp³-hybridized carbons (Fsp3) is 0.211. The van der Waals surface area contributed by atoms with Crippen LogP contribution in [0.2, 0.25) is 0 Å². The Bertz CT molecular complexity index is 1620. The van der Waals surface area contributed by atoms with Crippen molar-refractivity contribution in [1.29, 1.82) is 0 Å². The normalized spacial score (nSPS) is 12.2. The van der Waals surface area contributed by atoms with Gasteiger partial charge < -0.3 is 0 Å². The van der Waals surface area contributed by atoms with Crippen LogP contribution in [0.25, 0.3) is 33.4 Å². The Morgan fingerprint density at radius 3 is 1.50 bits per heavy atom. The third kappa shape index (κ3) is 6.63. The zero-order chi connectivity index (χ0) is 28.4. The van der Waals surface area contributed by atoms with Crippen LogP contribution in [0, 0.1) is 27.7 Å². The zero-order valence-corrected chi connectivity index (χ0v) is 26.8. The average Bonchev–Trinajstić information content (AvgIpc) is 2.91. The molecule has 2 heteroatoms. The summed E-state index contributed by atoms with van der Waals surface area (Å²) < 4.78 is 0. The molecule has 0 nitrogen and oxygen atoms in total. The average molecular weight is 559 g/mol. The Balaban J connectivity index is 1.74. The molecular formula is C38H40P2. The summed E-state index contributed by atoms with van der Waals surface area (Å²) in [5.74, 6) is 0. The van der Waals surface area contributed by atoms with Gasteiger partial charge in [0.2, 0.25) is 0 Å². The highest BCUT2D eigenvalue weighted by Gasteiger charge is 2.22. The molecular weight excluding hydrogens is 518 g/mol. The second-order valence-corrected chi connectivity index (χ2v) is 15.7. The topological polar surface area (TPSA) is 0 Å². The molecule has 5 aromatic rings. The highest BCUT2D eigenvalue weighted by atomic mass is 31.1.